The van der Waals surface area contributed by atoms with E-state index in [1.807, 2.05) is 0 Å². The number of carbonyl (C=O) groups is 1. The minimum atomic E-state index is 0.351. The van der Waals surface area contributed by atoms with Crippen LogP contribution in [0.4, 0.5) is 0 Å². The van der Waals surface area contributed by atoms with E-state index >= 15 is 0 Å². The number of hydrogen-bond acceptors (Lipinski definition) is 4. The predicted molar refractivity (Wildman–Crippen MR) is 101 cm³/mol. The topological polar surface area (TPSA) is 54.3 Å². The van der Waals surface area contributed by atoms with Crippen LogP contribution in [0.2, 0.25) is 0 Å². The van der Waals surface area contributed by atoms with Crippen molar-refractivity contribution in [2.24, 2.45) is 5.92 Å². The fourth-order valence-electron chi connectivity index (χ4n) is 4.93. The number of nitrogens with zero attached hydrogens (tertiary/aromatic N) is 5. The lowest BCUT2D eigenvalue weighted by Crippen LogP contribution is -2.40. The van der Waals surface area contributed by atoms with Crippen LogP contribution < -0.4 is 0 Å². The molecule has 26 heavy (non-hydrogen) atoms. The molecule has 1 aromatic heterocycles. The molecule has 1 saturated carbocycles. The van der Waals surface area contributed by atoms with Crippen LogP contribution in [0.3, 0.4) is 0 Å². The molecular formula is C20H33N5O. The van der Waals surface area contributed by atoms with Gasteiger partial charge in [-0.3, -0.25) is 4.79 Å². The van der Waals surface area contributed by atoms with Crippen molar-refractivity contribution in [3.8, 4) is 0 Å². The number of fused-ring (bicyclic) bond motifs is 1. The van der Waals surface area contributed by atoms with E-state index in [2.05, 4.69) is 31.6 Å². The standard InChI is InChI=1S/C20H33N5O/c1-23-11-9-18-21-22-20(25(18)13-12-23)17-8-5-10-24(15-17)19(26)14-16-6-3-2-4-7-16/h16-17H,2-15H2,1H3/t17-/m0/s1. The van der Waals surface area contributed by atoms with Gasteiger partial charge in [-0.25, -0.2) is 0 Å². The molecule has 0 N–H and O–H groups in total. The van der Waals surface area contributed by atoms with Gasteiger partial charge in [-0.05, 0) is 38.6 Å². The molecule has 3 heterocycles. The van der Waals surface area contributed by atoms with E-state index in [0.717, 1.165) is 70.1 Å². The molecule has 1 aliphatic carbocycles. The molecule has 6 nitrogen and oxygen atoms in total. The Morgan fingerprint density at radius 3 is 2.69 bits per heavy atom. The summed E-state index contributed by atoms with van der Waals surface area (Å²) < 4.78 is 2.34. The largest absolute Gasteiger partial charge is 0.342 e. The summed E-state index contributed by atoms with van der Waals surface area (Å²) in [7, 11) is 2.17. The van der Waals surface area contributed by atoms with Crippen molar-refractivity contribution in [2.75, 3.05) is 33.2 Å². The average molecular weight is 360 g/mol. The highest BCUT2D eigenvalue weighted by molar-refractivity contribution is 5.76. The molecule has 2 aliphatic heterocycles. The Morgan fingerprint density at radius 1 is 1.00 bits per heavy atom. The minimum Gasteiger partial charge on any atom is -0.342 e. The van der Waals surface area contributed by atoms with Crippen molar-refractivity contribution in [2.45, 2.75) is 70.3 Å². The molecule has 0 spiro atoms. The summed E-state index contributed by atoms with van der Waals surface area (Å²) >= 11 is 0. The molecule has 1 atom stereocenters. The van der Waals surface area contributed by atoms with Crippen LogP contribution in [0.5, 0.6) is 0 Å². The van der Waals surface area contributed by atoms with Gasteiger partial charge in [0.1, 0.15) is 11.6 Å². The highest BCUT2D eigenvalue weighted by atomic mass is 16.2. The second kappa shape index (κ2) is 8.07. The van der Waals surface area contributed by atoms with Crippen molar-refractivity contribution < 1.29 is 4.79 Å². The third-order valence-corrected chi connectivity index (χ3v) is 6.61. The molecule has 0 aromatic carbocycles. The van der Waals surface area contributed by atoms with Gasteiger partial charge in [0.25, 0.3) is 0 Å². The first-order valence-electron chi connectivity index (χ1n) is 10.6. The monoisotopic (exact) mass is 359 g/mol. The van der Waals surface area contributed by atoms with Gasteiger partial charge in [0.05, 0.1) is 0 Å². The van der Waals surface area contributed by atoms with Gasteiger partial charge in [-0.2, -0.15) is 0 Å². The minimum absolute atomic E-state index is 0.351. The first kappa shape index (κ1) is 18.0. The van der Waals surface area contributed by atoms with Gasteiger partial charge in [0.15, 0.2) is 0 Å². The van der Waals surface area contributed by atoms with Crippen molar-refractivity contribution in [1.82, 2.24) is 24.6 Å². The van der Waals surface area contributed by atoms with Crippen LogP contribution in [-0.4, -0.2) is 63.7 Å². The Balaban J connectivity index is 1.41. The third-order valence-electron chi connectivity index (χ3n) is 6.61. The average Bonchev–Trinajstić information content (AvgIpc) is 2.99. The van der Waals surface area contributed by atoms with Gasteiger partial charge in [0.2, 0.25) is 5.91 Å². The Kier molecular flexibility index (Phi) is 5.57. The molecule has 3 aliphatic rings. The zero-order valence-corrected chi connectivity index (χ0v) is 16.2. The highest BCUT2D eigenvalue weighted by Gasteiger charge is 2.30. The van der Waals surface area contributed by atoms with Crippen molar-refractivity contribution >= 4 is 5.91 Å². The molecule has 6 heteroatoms. The predicted octanol–water partition coefficient (Wildman–Crippen LogP) is 2.44. The van der Waals surface area contributed by atoms with Gasteiger partial charge in [0, 0.05) is 51.5 Å². The van der Waals surface area contributed by atoms with E-state index < -0.39 is 0 Å². The number of aromatic nitrogens is 3. The summed E-state index contributed by atoms with van der Waals surface area (Å²) in [5.41, 5.74) is 0. The Labute approximate surface area is 156 Å². The van der Waals surface area contributed by atoms with Crippen molar-refractivity contribution in [1.29, 1.82) is 0 Å². The third kappa shape index (κ3) is 3.95. The Hall–Kier alpha value is -1.43. The Morgan fingerprint density at radius 2 is 1.85 bits per heavy atom. The maximum absolute atomic E-state index is 12.8. The molecule has 0 bridgehead atoms. The normalized spacial score (nSPS) is 25.7. The summed E-state index contributed by atoms with van der Waals surface area (Å²) in [6.45, 7) is 4.83. The van der Waals surface area contributed by atoms with Gasteiger partial charge in [-0.1, -0.05) is 19.3 Å². The van der Waals surface area contributed by atoms with Crippen LogP contribution in [0.15, 0.2) is 0 Å². The van der Waals surface area contributed by atoms with Crippen LogP contribution >= 0.6 is 0 Å². The molecule has 1 amide bonds. The zero-order chi connectivity index (χ0) is 17.9. The van der Waals surface area contributed by atoms with Crippen molar-refractivity contribution in [3.63, 3.8) is 0 Å². The smallest absolute Gasteiger partial charge is 0.222 e. The number of likely N-dealkylation sites (N-methyl/N-ethyl adjacent to an activating group) is 1. The van der Waals surface area contributed by atoms with E-state index in [0.29, 0.717) is 17.7 Å². The molecule has 1 saturated heterocycles. The molecule has 2 fully saturated rings. The lowest BCUT2D eigenvalue weighted by atomic mass is 9.86. The molecule has 0 radical (unpaired) electrons. The van der Waals surface area contributed by atoms with Gasteiger partial charge in [-0.15, -0.1) is 10.2 Å². The first-order chi connectivity index (χ1) is 12.7. The molecule has 144 valence electrons. The maximum Gasteiger partial charge on any atom is 0.222 e. The van der Waals surface area contributed by atoms with Gasteiger partial charge >= 0.3 is 0 Å². The van der Waals surface area contributed by atoms with E-state index in [-0.39, 0.29) is 0 Å². The lowest BCUT2D eigenvalue weighted by molar-refractivity contribution is -0.133. The fourth-order valence-corrected chi connectivity index (χ4v) is 4.93. The first-order valence-corrected chi connectivity index (χ1v) is 10.6. The number of carbonyl (C=O) groups excluding carboxylic acids is 1. The number of amides is 1. The number of rotatable bonds is 3. The summed E-state index contributed by atoms with van der Waals surface area (Å²) in [4.78, 5) is 17.3. The quantitative estimate of drug-likeness (QED) is 0.832. The van der Waals surface area contributed by atoms with Crippen LogP contribution in [-0.2, 0) is 17.8 Å². The van der Waals surface area contributed by atoms with Gasteiger partial charge < -0.3 is 14.4 Å². The van der Waals surface area contributed by atoms with E-state index in [4.69, 9.17) is 0 Å². The van der Waals surface area contributed by atoms with Crippen LogP contribution in [0.25, 0.3) is 0 Å². The molecule has 1 aromatic rings. The van der Waals surface area contributed by atoms with Crippen LogP contribution in [0, 0.1) is 5.92 Å². The van der Waals surface area contributed by atoms with E-state index in [9.17, 15) is 4.79 Å². The summed E-state index contributed by atoms with van der Waals surface area (Å²) in [6, 6.07) is 0. The molecule has 4 rings (SSSR count). The highest BCUT2D eigenvalue weighted by Crippen LogP contribution is 2.30. The fraction of sp³-hybridized carbons (Fsp3) is 0.850. The second-order valence-electron chi connectivity index (χ2n) is 8.57. The lowest BCUT2D eigenvalue weighted by Gasteiger charge is -2.34. The van der Waals surface area contributed by atoms with Crippen molar-refractivity contribution in [3.05, 3.63) is 11.6 Å². The van der Waals surface area contributed by atoms with E-state index in [1.165, 1.54) is 32.1 Å². The van der Waals surface area contributed by atoms with E-state index in [1.54, 1.807) is 0 Å². The summed E-state index contributed by atoms with van der Waals surface area (Å²) in [5.74, 6) is 3.58. The maximum atomic E-state index is 12.8. The molecular weight excluding hydrogens is 326 g/mol. The van der Waals surface area contributed by atoms with Crippen LogP contribution in [0.1, 0.15) is 68.9 Å². The number of likely N-dealkylation sites (tertiary alicyclic amines) is 1. The zero-order valence-electron chi connectivity index (χ0n) is 16.2. The summed E-state index contributed by atoms with van der Waals surface area (Å²) in [5, 5.41) is 9.03. The number of piperidine rings is 1. The second-order valence-corrected chi connectivity index (χ2v) is 8.57. The summed E-state index contributed by atoms with van der Waals surface area (Å²) in [6.07, 6.45) is 10.4. The SMILES string of the molecule is CN1CCc2nnc([C@H]3CCCN(C(=O)CC4CCCCC4)C3)n2CC1. The Bertz CT molecular complexity index is 622. The molecule has 0 unspecified atom stereocenters. The number of hydrogen-bond donors (Lipinski definition) is 0.